The minimum Gasteiger partial charge on any atom is -0.394 e. The van der Waals surface area contributed by atoms with Gasteiger partial charge in [-0.05, 0) is 12.8 Å². The summed E-state index contributed by atoms with van der Waals surface area (Å²) in [5, 5.41) is 22.3. The summed E-state index contributed by atoms with van der Waals surface area (Å²) < 4.78 is 0. The van der Waals surface area contributed by atoms with Gasteiger partial charge in [-0.1, -0.05) is 123 Å². The molecule has 0 spiro atoms. The molecular weight excluding hydrogens is 374 g/mol. The highest BCUT2D eigenvalue weighted by molar-refractivity contribution is 5.76. The Morgan fingerprint density at radius 3 is 1.50 bits per heavy atom. The van der Waals surface area contributed by atoms with E-state index in [0.29, 0.717) is 12.8 Å². The highest BCUT2D eigenvalue weighted by Crippen LogP contribution is 2.14. The summed E-state index contributed by atoms with van der Waals surface area (Å²) in [7, 11) is 0. The molecule has 3 N–H and O–H groups in total. The molecule has 0 aromatic heterocycles. The Bertz CT molecular complexity index is 362. The topological polar surface area (TPSA) is 69.6 Å². The standard InChI is InChI=1S/C26H53NO3/c1-3-5-7-8-9-10-11-12-13-14-15-16-17-18-20-22-26(30)27-24(23-28)25(29)21-19-6-4-2/h24-25,28-29H,3-23H2,1-2H3,(H,27,30). The van der Waals surface area contributed by atoms with Gasteiger partial charge in [0.25, 0.3) is 0 Å². The van der Waals surface area contributed by atoms with Crippen LogP contribution in [0, 0.1) is 0 Å². The van der Waals surface area contributed by atoms with E-state index in [9.17, 15) is 15.0 Å². The van der Waals surface area contributed by atoms with Crippen molar-refractivity contribution in [3.8, 4) is 0 Å². The SMILES string of the molecule is CCCCCCCCCCCCCCCCCC(=O)NC(CO)C(O)CCCCC. The lowest BCUT2D eigenvalue weighted by molar-refractivity contribution is -0.123. The molecule has 2 atom stereocenters. The molecule has 0 aromatic carbocycles. The molecule has 4 heteroatoms. The van der Waals surface area contributed by atoms with Gasteiger partial charge in [-0.15, -0.1) is 0 Å². The zero-order valence-electron chi connectivity index (χ0n) is 20.3. The summed E-state index contributed by atoms with van der Waals surface area (Å²) in [5.74, 6) is -0.0433. The number of carbonyl (C=O) groups is 1. The van der Waals surface area contributed by atoms with E-state index in [1.54, 1.807) is 0 Å². The molecule has 0 aliphatic rings. The number of aliphatic hydroxyl groups is 2. The van der Waals surface area contributed by atoms with Crippen LogP contribution in [-0.4, -0.2) is 34.9 Å². The average molecular weight is 428 g/mol. The molecule has 0 heterocycles. The van der Waals surface area contributed by atoms with Crippen LogP contribution in [-0.2, 0) is 4.79 Å². The second-order valence-electron chi connectivity index (χ2n) is 9.12. The van der Waals surface area contributed by atoms with Crippen LogP contribution in [0.5, 0.6) is 0 Å². The molecule has 0 fully saturated rings. The van der Waals surface area contributed by atoms with E-state index >= 15 is 0 Å². The molecule has 0 rings (SSSR count). The second-order valence-corrected chi connectivity index (χ2v) is 9.12. The van der Waals surface area contributed by atoms with E-state index in [-0.39, 0.29) is 12.5 Å². The molecular formula is C26H53NO3. The summed E-state index contributed by atoms with van der Waals surface area (Å²) in [6.07, 6.45) is 23.3. The number of aliphatic hydroxyl groups excluding tert-OH is 2. The van der Waals surface area contributed by atoms with Crippen molar-refractivity contribution in [2.24, 2.45) is 0 Å². The third kappa shape index (κ3) is 19.4. The van der Waals surface area contributed by atoms with Crippen molar-refractivity contribution in [2.45, 2.75) is 154 Å². The van der Waals surface area contributed by atoms with Crippen molar-refractivity contribution in [3.63, 3.8) is 0 Å². The number of nitrogens with one attached hydrogen (secondary N) is 1. The number of carbonyl (C=O) groups excluding carboxylic acids is 1. The van der Waals surface area contributed by atoms with E-state index in [2.05, 4.69) is 19.2 Å². The number of hydrogen-bond acceptors (Lipinski definition) is 3. The zero-order valence-corrected chi connectivity index (χ0v) is 20.3. The lowest BCUT2D eigenvalue weighted by Crippen LogP contribution is -2.45. The largest absolute Gasteiger partial charge is 0.394 e. The van der Waals surface area contributed by atoms with Gasteiger partial charge in [-0.3, -0.25) is 4.79 Å². The van der Waals surface area contributed by atoms with E-state index < -0.39 is 12.1 Å². The third-order valence-corrected chi connectivity index (χ3v) is 6.12. The fourth-order valence-corrected chi connectivity index (χ4v) is 4.00. The molecule has 0 bridgehead atoms. The predicted octanol–water partition coefficient (Wildman–Crippen LogP) is 6.67. The molecule has 180 valence electrons. The van der Waals surface area contributed by atoms with Gasteiger partial charge < -0.3 is 15.5 Å². The van der Waals surface area contributed by atoms with Crippen LogP contribution in [0.15, 0.2) is 0 Å². The van der Waals surface area contributed by atoms with Gasteiger partial charge >= 0.3 is 0 Å². The maximum Gasteiger partial charge on any atom is 0.220 e. The van der Waals surface area contributed by atoms with Crippen LogP contribution in [0.25, 0.3) is 0 Å². The lowest BCUT2D eigenvalue weighted by atomic mass is 10.0. The zero-order chi connectivity index (χ0) is 22.3. The molecule has 1 amide bonds. The van der Waals surface area contributed by atoms with E-state index in [1.807, 2.05) is 0 Å². The van der Waals surface area contributed by atoms with Crippen LogP contribution >= 0.6 is 0 Å². The Labute approximate surface area is 187 Å². The minimum absolute atomic E-state index is 0.0433. The van der Waals surface area contributed by atoms with Crippen LogP contribution in [0.4, 0.5) is 0 Å². The maximum atomic E-state index is 12.0. The molecule has 0 aliphatic heterocycles. The quantitative estimate of drug-likeness (QED) is 0.160. The maximum absolute atomic E-state index is 12.0. The Morgan fingerprint density at radius 2 is 1.07 bits per heavy atom. The summed E-state index contributed by atoms with van der Waals surface area (Å²) in [6, 6.07) is -0.523. The number of unbranched alkanes of at least 4 members (excludes halogenated alkanes) is 16. The predicted molar refractivity (Wildman–Crippen MR) is 129 cm³/mol. The Hall–Kier alpha value is -0.610. The first-order valence-corrected chi connectivity index (χ1v) is 13.2. The van der Waals surface area contributed by atoms with Gasteiger partial charge in [0, 0.05) is 6.42 Å². The first-order chi connectivity index (χ1) is 14.7. The monoisotopic (exact) mass is 427 g/mol. The van der Waals surface area contributed by atoms with Gasteiger partial charge in [-0.25, -0.2) is 0 Å². The summed E-state index contributed by atoms with van der Waals surface area (Å²) in [4.78, 5) is 12.0. The Kier molecular flexibility index (Phi) is 22.6. The molecule has 0 saturated carbocycles. The summed E-state index contributed by atoms with van der Waals surface area (Å²) in [5.41, 5.74) is 0. The van der Waals surface area contributed by atoms with Crippen molar-refractivity contribution in [2.75, 3.05) is 6.61 Å². The van der Waals surface area contributed by atoms with E-state index in [4.69, 9.17) is 0 Å². The first kappa shape index (κ1) is 29.4. The average Bonchev–Trinajstić information content (AvgIpc) is 2.74. The van der Waals surface area contributed by atoms with Gasteiger partial charge in [0.15, 0.2) is 0 Å². The van der Waals surface area contributed by atoms with Crippen LogP contribution < -0.4 is 5.32 Å². The molecule has 4 nitrogen and oxygen atoms in total. The highest BCUT2D eigenvalue weighted by Gasteiger charge is 2.19. The summed E-state index contributed by atoms with van der Waals surface area (Å²) in [6.45, 7) is 4.19. The normalized spacial score (nSPS) is 13.3. The first-order valence-electron chi connectivity index (χ1n) is 13.2. The highest BCUT2D eigenvalue weighted by atomic mass is 16.3. The molecule has 0 saturated heterocycles. The second kappa shape index (κ2) is 23.1. The lowest BCUT2D eigenvalue weighted by Gasteiger charge is -2.22. The van der Waals surface area contributed by atoms with Gasteiger partial charge in [-0.2, -0.15) is 0 Å². The van der Waals surface area contributed by atoms with Gasteiger partial charge in [0.2, 0.25) is 5.91 Å². The fraction of sp³-hybridized carbons (Fsp3) is 0.962. The van der Waals surface area contributed by atoms with Crippen molar-refractivity contribution < 1.29 is 15.0 Å². The number of amides is 1. The number of rotatable bonds is 23. The number of hydrogen-bond donors (Lipinski definition) is 3. The van der Waals surface area contributed by atoms with Crippen LogP contribution in [0.3, 0.4) is 0 Å². The molecule has 2 unspecified atom stereocenters. The van der Waals surface area contributed by atoms with E-state index in [1.165, 1.54) is 83.5 Å². The van der Waals surface area contributed by atoms with Crippen molar-refractivity contribution in [3.05, 3.63) is 0 Å². The van der Waals surface area contributed by atoms with Crippen molar-refractivity contribution in [1.82, 2.24) is 5.32 Å². The minimum atomic E-state index is -0.647. The fourth-order valence-electron chi connectivity index (χ4n) is 4.00. The van der Waals surface area contributed by atoms with Crippen LogP contribution in [0.2, 0.25) is 0 Å². The third-order valence-electron chi connectivity index (χ3n) is 6.12. The van der Waals surface area contributed by atoms with Gasteiger partial charge in [0.1, 0.15) is 0 Å². The van der Waals surface area contributed by atoms with Crippen LogP contribution in [0.1, 0.15) is 142 Å². The smallest absolute Gasteiger partial charge is 0.220 e. The Balaban J connectivity index is 3.45. The van der Waals surface area contributed by atoms with Gasteiger partial charge in [0.05, 0.1) is 18.8 Å². The Morgan fingerprint density at radius 1 is 0.667 bits per heavy atom. The molecule has 0 radical (unpaired) electrons. The van der Waals surface area contributed by atoms with Crippen molar-refractivity contribution >= 4 is 5.91 Å². The van der Waals surface area contributed by atoms with E-state index in [0.717, 1.165) is 32.1 Å². The molecule has 0 aromatic rings. The molecule has 30 heavy (non-hydrogen) atoms. The summed E-state index contributed by atoms with van der Waals surface area (Å²) >= 11 is 0. The molecule has 0 aliphatic carbocycles. The van der Waals surface area contributed by atoms with Crippen molar-refractivity contribution in [1.29, 1.82) is 0 Å².